The molecular weight excluding hydrogens is 318 g/mol. The third-order valence-corrected chi connectivity index (χ3v) is 5.15. The Kier molecular flexibility index (Phi) is 3.78. The molecule has 1 aliphatic carbocycles. The van der Waals surface area contributed by atoms with Crippen molar-refractivity contribution in [3.05, 3.63) is 42.2 Å². The van der Waals surface area contributed by atoms with Crippen LogP contribution in [0.2, 0.25) is 0 Å². The third kappa shape index (κ3) is 2.69. The van der Waals surface area contributed by atoms with Gasteiger partial charge in [0.05, 0.1) is 11.8 Å². The summed E-state index contributed by atoms with van der Waals surface area (Å²) < 4.78 is 1.46. The molecule has 130 valence electrons. The predicted molar refractivity (Wildman–Crippen MR) is 91.9 cm³/mol. The first-order valence-corrected chi connectivity index (χ1v) is 8.60. The highest BCUT2D eigenvalue weighted by Crippen LogP contribution is 2.33. The third-order valence-electron chi connectivity index (χ3n) is 5.15. The molecule has 0 spiro atoms. The van der Waals surface area contributed by atoms with E-state index >= 15 is 0 Å². The number of carbonyl (C=O) groups is 2. The molecule has 0 unspecified atom stereocenters. The van der Waals surface area contributed by atoms with E-state index in [9.17, 15) is 9.59 Å². The Labute approximate surface area is 145 Å². The van der Waals surface area contributed by atoms with Gasteiger partial charge in [0.25, 0.3) is 5.91 Å². The Morgan fingerprint density at radius 1 is 1.24 bits per heavy atom. The zero-order chi connectivity index (χ0) is 17.6. The lowest BCUT2D eigenvalue weighted by atomic mass is 9.80. The van der Waals surface area contributed by atoms with Crippen LogP contribution in [0, 0.1) is 5.92 Å². The van der Waals surface area contributed by atoms with Crippen molar-refractivity contribution in [3.63, 3.8) is 0 Å². The van der Waals surface area contributed by atoms with E-state index in [4.69, 9.17) is 0 Å². The maximum atomic E-state index is 12.9. The van der Waals surface area contributed by atoms with Crippen molar-refractivity contribution in [2.24, 2.45) is 5.92 Å². The Bertz CT molecular complexity index is 850. The monoisotopic (exact) mass is 339 g/mol. The fourth-order valence-electron chi connectivity index (χ4n) is 3.68. The maximum Gasteiger partial charge on any atom is 0.258 e. The minimum atomic E-state index is -0.0559. The lowest BCUT2D eigenvalue weighted by Gasteiger charge is -2.42. The van der Waals surface area contributed by atoms with Crippen LogP contribution in [0.5, 0.6) is 0 Å². The van der Waals surface area contributed by atoms with Crippen LogP contribution in [0.1, 0.15) is 30.1 Å². The Balaban J connectivity index is 1.46. The van der Waals surface area contributed by atoms with Crippen molar-refractivity contribution >= 4 is 17.3 Å². The maximum absolute atomic E-state index is 12.9. The number of carbonyl (C=O) groups excluding carboxylic acids is 2. The molecule has 1 saturated heterocycles. The Morgan fingerprint density at radius 2 is 2.04 bits per heavy atom. The van der Waals surface area contributed by atoms with Gasteiger partial charge < -0.3 is 9.80 Å². The summed E-state index contributed by atoms with van der Waals surface area (Å²) in [5, 5.41) is 8.24. The van der Waals surface area contributed by atoms with Gasteiger partial charge in [0.2, 0.25) is 5.91 Å². The molecule has 25 heavy (non-hydrogen) atoms. The molecule has 1 atom stereocenters. The highest BCUT2D eigenvalue weighted by molar-refractivity contribution is 6.00. The summed E-state index contributed by atoms with van der Waals surface area (Å²) in [7, 11) is 0. The predicted octanol–water partition coefficient (Wildman–Crippen LogP) is 1.37. The lowest BCUT2D eigenvalue weighted by molar-refractivity contribution is -0.139. The molecule has 2 aromatic rings. The molecular formula is C18H21N5O2. The second kappa shape index (κ2) is 5.98. The normalized spacial score (nSPS) is 21.5. The van der Waals surface area contributed by atoms with E-state index in [0.29, 0.717) is 30.7 Å². The van der Waals surface area contributed by atoms with Crippen LogP contribution in [0.4, 0.5) is 0 Å². The fraction of sp³-hybridized carbons (Fsp3) is 0.444. The number of fused-ring (bicyclic) bond motifs is 1. The second-order valence-corrected chi connectivity index (χ2v) is 6.94. The van der Waals surface area contributed by atoms with E-state index in [2.05, 4.69) is 16.8 Å². The average molecular weight is 339 g/mol. The molecule has 2 aliphatic rings. The number of piperazine rings is 1. The summed E-state index contributed by atoms with van der Waals surface area (Å²) in [6.07, 6.45) is 4.81. The minimum absolute atomic E-state index is 0.0277. The van der Waals surface area contributed by atoms with Crippen LogP contribution < -0.4 is 0 Å². The van der Waals surface area contributed by atoms with E-state index in [1.165, 1.54) is 4.63 Å². The smallest absolute Gasteiger partial charge is 0.258 e. The summed E-state index contributed by atoms with van der Waals surface area (Å²) in [6, 6.07) is 3.60. The van der Waals surface area contributed by atoms with Gasteiger partial charge in [-0.3, -0.25) is 9.59 Å². The standard InChI is InChI=1S/C18H21N5O2/c1-12-8-14(9-12)17(24)21-6-7-22(13(2)11-21)18(25)15-10-20-23-16(15)4-3-5-19-23/h3-5,10,13-14H,1,6-9,11H2,2H3/t13-/m0/s1. The summed E-state index contributed by atoms with van der Waals surface area (Å²) in [5.74, 6) is 0.235. The SMILES string of the molecule is C=C1CC(C(=O)N2CCN(C(=O)c3cnn4ncccc34)[C@@H](C)C2)C1. The fourth-order valence-corrected chi connectivity index (χ4v) is 3.68. The highest BCUT2D eigenvalue weighted by atomic mass is 16.2. The van der Waals surface area contributed by atoms with Gasteiger partial charge in [-0.05, 0) is 31.9 Å². The van der Waals surface area contributed by atoms with Crippen molar-refractivity contribution in [2.75, 3.05) is 19.6 Å². The largest absolute Gasteiger partial charge is 0.339 e. The number of allylic oxidation sites excluding steroid dienone is 1. The van der Waals surface area contributed by atoms with Crippen LogP contribution in [-0.2, 0) is 4.79 Å². The van der Waals surface area contributed by atoms with E-state index in [0.717, 1.165) is 18.4 Å². The topological polar surface area (TPSA) is 70.8 Å². The summed E-state index contributed by atoms with van der Waals surface area (Å²) >= 11 is 0. The van der Waals surface area contributed by atoms with Crippen LogP contribution in [0.15, 0.2) is 36.7 Å². The quantitative estimate of drug-likeness (QED) is 0.775. The number of hydrogen-bond donors (Lipinski definition) is 0. The number of aromatic nitrogens is 3. The molecule has 1 saturated carbocycles. The van der Waals surface area contributed by atoms with Crippen LogP contribution in [0.3, 0.4) is 0 Å². The highest BCUT2D eigenvalue weighted by Gasteiger charge is 2.36. The molecule has 7 nitrogen and oxygen atoms in total. The molecule has 0 bridgehead atoms. The van der Waals surface area contributed by atoms with E-state index in [-0.39, 0.29) is 23.8 Å². The lowest BCUT2D eigenvalue weighted by Crippen LogP contribution is -2.56. The first-order chi connectivity index (χ1) is 12.0. The van der Waals surface area contributed by atoms with E-state index < -0.39 is 0 Å². The van der Waals surface area contributed by atoms with Gasteiger partial charge >= 0.3 is 0 Å². The van der Waals surface area contributed by atoms with E-state index in [1.54, 1.807) is 18.5 Å². The van der Waals surface area contributed by atoms with Crippen LogP contribution >= 0.6 is 0 Å². The molecule has 0 radical (unpaired) electrons. The van der Waals surface area contributed by atoms with Gasteiger partial charge in [-0.2, -0.15) is 14.8 Å². The molecule has 1 aliphatic heterocycles. The van der Waals surface area contributed by atoms with Gasteiger partial charge in [-0.15, -0.1) is 0 Å². The molecule has 2 amide bonds. The summed E-state index contributed by atoms with van der Waals surface area (Å²) in [5.41, 5.74) is 2.41. The van der Waals surface area contributed by atoms with Crippen LogP contribution in [-0.4, -0.2) is 62.1 Å². The number of amides is 2. The summed E-state index contributed by atoms with van der Waals surface area (Å²) in [4.78, 5) is 29.2. The Morgan fingerprint density at radius 3 is 2.76 bits per heavy atom. The number of hydrogen-bond acceptors (Lipinski definition) is 4. The molecule has 7 heteroatoms. The minimum Gasteiger partial charge on any atom is -0.339 e. The van der Waals surface area contributed by atoms with Gasteiger partial charge in [0.1, 0.15) is 5.52 Å². The molecule has 3 heterocycles. The number of rotatable bonds is 2. The molecule has 2 aromatic heterocycles. The molecule has 0 N–H and O–H groups in total. The second-order valence-electron chi connectivity index (χ2n) is 6.94. The first kappa shape index (κ1) is 15.8. The van der Waals surface area contributed by atoms with Crippen molar-refractivity contribution < 1.29 is 9.59 Å². The van der Waals surface area contributed by atoms with Gasteiger partial charge in [0, 0.05) is 37.8 Å². The average Bonchev–Trinajstić information content (AvgIpc) is 3.02. The van der Waals surface area contributed by atoms with Crippen molar-refractivity contribution in [3.8, 4) is 0 Å². The zero-order valence-electron chi connectivity index (χ0n) is 14.3. The first-order valence-electron chi connectivity index (χ1n) is 8.60. The molecule has 0 aromatic carbocycles. The van der Waals surface area contributed by atoms with Crippen molar-refractivity contribution in [1.29, 1.82) is 0 Å². The van der Waals surface area contributed by atoms with Gasteiger partial charge in [-0.1, -0.05) is 12.2 Å². The van der Waals surface area contributed by atoms with Gasteiger partial charge in [-0.25, -0.2) is 0 Å². The van der Waals surface area contributed by atoms with E-state index in [1.807, 2.05) is 22.8 Å². The van der Waals surface area contributed by atoms with Crippen LogP contribution in [0.25, 0.3) is 5.52 Å². The Hall–Kier alpha value is -2.70. The number of nitrogens with zero attached hydrogens (tertiary/aromatic N) is 5. The van der Waals surface area contributed by atoms with Crippen molar-refractivity contribution in [2.45, 2.75) is 25.8 Å². The van der Waals surface area contributed by atoms with Crippen molar-refractivity contribution in [1.82, 2.24) is 24.6 Å². The van der Waals surface area contributed by atoms with Gasteiger partial charge in [0.15, 0.2) is 0 Å². The molecule has 4 rings (SSSR count). The molecule has 2 fully saturated rings. The zero-order valence-corrected chi connectivity index (χ0v) is 14.3. The summed E-state index contributed by atoms with van der Waals surface area (Å²) in [6.45, 7) is 7.58.